The quantitative estimate of drug-likeness (QED) is 0.592. The van der Waals surface area contributed by atoms with Crippen molar-refractivity contribution in [2.75, 3.05) is 18.5 Å². The molecule has 3 N–H and O–H groups in total. The monoisotopic (exact) mass is 197 g/mol. The molecule has 0 aliphatic carbocycles. The fraction of sp³-hybridized carbons (Fsp3) is 0.556. The predicted molar refractivity (Wildman–Crippen MR) is 54.4 cm³/mol. The molecule has 0 saturated heterocycles. The summed E-state index contributed by atoms with van der Waals surface area (Å²) in [5, 5.41) is 11.6. The number of anilines is 1. The van der Waals surface area contributed by atoms with Crippen molar-refractivity contribution in [1.82, 2.24) is 9.97 Å². The number of aliphatic hydroxyl groups is 1. The highest BCUT2D eigenvalue weighted by molar-refractivity contribution is 5.32. The molecule has 1 aromatic rings. The molecule has 1 heterocycles. The Morgan fingerprint density at radius 2 is 2.36 bits per heavy atom. The minimum absolute atomic E-state index is 0.151. The van der Waals surface area contributed by atoms with E-state index in [1.165, 1.54) is 6.07 Å². The van der Waals surface area contributed by atoms with Crippen molar-refractivity contribution in [3.05, 3.63) is 22.2 Å². The summed E-state index contributed by atoms with van der Waals surface area (Å²) >= 11 is 0. The van der Waals surface area contributed by atoms with Gasteiger partial charge < -0.3 is 15.4 Å². The standard InChI is InChI=1S/C9H15N3O2/c1-7-11-8(6-9(14)12-7)10-4-2-3-5-13/h6,13H,2-5H2,1H3,(H2,10,11,12,14). The zero-order chi connectivity index (χ0) is 10.4. The maximum atomic E-state index is 11.0. The number of aliphatic hydroxyl groups excluding tert-OH is 1. The molecule has 5 heteroatoms. The molecule has 5 nitrogen and oxygen atoms in total. The molecule has 0 aliphatic rings. The molecule has 0 radical (unpaired) electrons. The summed E-state index contributed by atoms with van der Waals surface area (Å²) in [4.78, 5) is 17.7. The molecule has 0 aliphatic heterocycles. The van der Waals surface area contributed by atoms with E-state index in [0.29, 0.717) is 11.6 Å². The lowest BCUT2D eigenvalue weighted by Crippen LogP contribution is -2.12. The summed E-state index contributed by atoms with van der Waals surface area (Å²) in [6.45, 7) is 2.65. The van der Waals surface area contributed by atoms with E-state index in [1.807, 2.05) is 0 Å². The van der Waals surface area contributed by atoms with Crippen molar-refractivity contribution in [1.29, 1.82) is 0 Å². The Balaban J connectivity index is 2.46. The van der Waals surface area contributed by atoms with Crippen molar-refractivity contribution in [2.45, 2.75) is 19.8 Å². The lowest BCUT2D eigenvalue weighted by atomic mass is 10.3. The Kier molecular flexibility index (Phi) is 4.12. The van der Waals surface area contributed by atoms with E-state index in [1.54, 1.807) is 6.92 Å². The first kappa shape index (κ1) is 10.7. The Morgan fingerprint density at radius 1 is 1.57 bits per heavy atom. The molecule has 0 fully saturated rings. The number of aromatic nitrogens is 2. The van der Waals surface area contributed by atoms with Gasteiger partial charge in [-0.15, -0.1) is 0 Å². The van der Waals surface area contributed by atoms with E-state index in [2.05, 4.69) is 15.3 Å². The van der Waals surface area contributed by atoms with Crippen LogP contribution in [0.15, 0.2) is 10.9 Å². The minimum atomic E-state index is -0.151. The lowest BCUT2D eigenvalue weighted by Gasteiger charge is -2.04. The molecule has 0 spiro atoms. The highest BCUT2D eigenvalue weighted by Crippen LogP contribution is 1.98. The number of H-pyrrole nitrogens is 1. The van der Waals surface area contributed by atoms with Gasteiger partial charge in [0.15, 0.2) is 0 Å². The van der Waals surface area contributed by atoms with Crippen molar-refractivity contribution in [2.24, 2.45) is 0 Å². The van der Waals surface area contributed by atoms with Crippen LogP contribution >= 0.6 is 0 Å². The number of nitrogens with one attached hydrogen (secondary N) is 2. The molecule has 0 aromatic carbocycles. The molecule has 1 aromatic heterocycles. The minimum Gasteiger partial charge on any atom is -0.396 e. The van der Waals surface area contributed by atoms with Gasteiger partial charge in [-0.25, -0.2) is 4.98 Å². The van der Waals surface area contributed by atoms with Crippen LogP contribution in [0.4, 0.5) is 5.82 Å². The third kappa shape index (κ3) is 3.57. The van der Waals surface area contributed by atoms with Crippen LogP contribution in [-0.2, 0) is 0 Å². The summed E-state index contributed by atoms with van der Waals surface area (Å²) in [6, 6.07) is 1.42. The fourth-order valence-corrected chi connectivity index (χ4v) is 1.12. The normalized spacial score (nSPS) is 10.1. The number of nitrogens with zero attached hydrogens (tertiary/aromatic N) is 1. The van der Waals surface area contributed by atoms with Gasteiger partial charge >= 0.3 is 0 Å². The number of aromatic amines is 1. The molecule has 0 amide bonds. The van der Waals surface area contributed by atoms with Crippen LogP contribution in [0.25, 0.3) is 0 Å². The van der Waals surface area contributed by atoms with Crippen molar-refractivity contribution < 1.29 is 5.11 Å². The first-order valence-corrected chi connectivity index (χ1v) is 4.65. The molecular weight excluding hydrogens is 182 g/mol. The fourth-order valence-electron chi connectivity index (χ4n) is 1.12. The van der Waals surface area contributed by atoms with Gasteiger partial charge in [0.2, 0.25) is 0 Å². The molecule has 14 heavy (non-hydrogen) atoms. The maximum Gasteiger partial charge on any atom is 0.252 e. The Hall–Kier alpha value is -1.36. The summed E-state index contributed by atoms with van der Waals surface area (Å²) < 4.78 is 0. The second kappa shape index (κ2) is 5.39. The third-order valence-corrected chi connectivity index (χ3v) is 1.75. The SMILES string of the molecule is Cc1nc(NCCCCO)cc(=O)[nH]1. The van der Waals surface area contributed by atoms with Gasteiger partial charge in [-0.3, -0.25) is 4.79 Å². The summed E-state index contributed by atoms with van der Waals surface area (Å²) in [5.74, 6) is 1.19. The molecule has 78 valence electrons. The van der Waals surface area contributed by atoms with Crippen LogP contribution in [-0.4, -0.2) is 28.2 Å². The molecule has 0 atom stereocenters. The van der Waals surface area contributed by atoms with Gasteiger partial charge in [0.1, 0.15) is 11.6 Å². The zero-order valence-electron chi connectivity index (χ0n) is 8.21. The molecule has 0 unspecified atom stereocenters. The van der Waals surface area contributed by atoms with Crippen LogP contribution in [0, 0.1) is 6.92 Å². The third-order valence-electron chi connectivity index (χ3n) is 1.75. The van der Waals surface area contributed by atoms with E-state index in [4.69, 9.17) is 5.11 Å². The van der Waals surface area contributed by atoms with Crippen molar-refractivity contribution in [3.8, 4) is 0 Å². The van der Waals surface area contributed by atoms with Crippen LogP contribution in [0.2, 0.25) is 0 Å². The van der Waals surface area contributed by atoms with Crippen LogP contribution < -0.4 is 10.9 Å². The smallest absolute Gasteiger partial charge is 0.252 e. The summed E-state index contributed by atoms with van der Waals surface area (Å²) in [5.41, 5.74) is -0.151. The topological polar surface area (TPSA) is 78.0 Å². The Labute approximate surface area is 82.2 Å². The van der Waals surface area contributed by atoms with Gasteiger partial charge in [-0.2, -0.15) is 0 Å². The first-order valence-electron chi connectivity index (χ1n) is 4.65. The highest BCUT2D eigenvalue weighted by Gasteiger charge is 1.96. The van der Waals surface area contributed by atoms with Crippen LogP contribution in [0.1, 0.15) is 18.7 Å². The summed E-state index contributed by atoms with van der Waals surface area (Å²) in [6.07, 6.45) is 1.62. The van der Waals surface area contributed by atoms with Crippen LogP contribution in [0.3, 0.4) is 0 Å². The van der Waals surface area contributed by atoms with Gasteiger partial charge in [-0.1, -0.05) is 0 Å². The maximum absolute atomic E-state index is 11.0. The van der Waals surface area contributed by atoms with Gasteiger partial charge in [-0.05, 0) is 19.8 Å². The van der Waals surface area contributed by atoms with Gasteiger partial charge in [0.05, 0.1) is 0 Å². The average Bonchev–Trinajstić information content (AvgIpc) is 2.11. The molecular formula is C9H15N3O2. The number of hydrogen-bond donors (Lipinski definition) is 3. The number of hydrogen-bond acceptors (Lipinski definition) is 4. The molecule has 0 saturated carbocycles. The number of rotatable bonds is 5. The van der Waals surface area contributed by atoms with Crippen molar-refractivity contribution in [3.63, 3.8) is 0 Å². The van der Waals surface area contributed by atoms with E-state index >= 15 is 0 Å². The van der Waals surface area contributed by atoms with E-state index in [-0.39, 0.29) is 12.2 Å². The average molecular weight is 197 g/mol. The second-order valence-electron chi connectivity index (χ2n) is 3.07. The predicted octanol–water partition coefficient (Wildman–Crippen LogP) is 0.263. The molecule has 1 rings (SSSR count). The molecule has 0 bridgehead atoms. The Morgan fingerprint density at radius 3 is 3.00 bits per heavy atom. The zero-order valence-corrected chi connectivity index (χ0v) is 8.21. The Bertz CT molecular complexity index is 335. The van der Waals surface area contributed by atoms with E-state index in [9.17, 15) is 4.79 Å². The lowest BCUT2D eigenvalue weighted by molar-refractivity contribution is 0.286. The van der Waals surface area contributed by atoms with Crippen LogP contribution in [0.5, 0.6) is 0 Å². The first-order chi connectivity index (χ1) is 6.72. The summed E-state index contributed by atoms with van der Waals surface area (Å²) in [7, 11) is 0. The largest absolute Gasteiger partial charge is 0.396 e. The van der Waals surface area contributed by atoms with E-state index < -0.39 is 0 Å². The van der Waals surface area contributed by atoms with Gasteiger partial charge in [0, 0.05) is 19.2 Å². The van der Waals surface area contributed by atoms with Gasteiger partial charge in [0.25, 0.3) is 5.56 Å². The number of aryl methyl sites for hydroxylation is 1. The highest BCUT2D eigenvalue weighted by atomic mass is 16.2. The second-order valence-corrected chi connectivity index (χ2v) is 3.07. The number of unbranched alkanes of at least 4 members (excludes halogenated alkanes) is 1. The van der Waals surface area contributed by atoms with Crippen molar-refractivity contribution >= 4 is 5.82 Å². The van der Waals surface area contributed by atoms with E-state index in [0.717, 1.165) is 19.4 Å².